The zero-order valence-corrected chi connectivity index (χ0v) is 21.1. The Morgan fingerprint density at radius 2 is 1.66 bits per heavy atom. The van der Waals surface area contributed by atoms with E-state index in [9.17, 15) is 9.59 Å². The first kappa shape index (κ1) is 24.9. The number of fused-ring (bicyclic) bond motifs is 1. The van der Waals surface area contributed by atoms with Gasteiger partial charge < -0.3 is 24.4 Å². The third-order valence-corrected chi connectivity index (χ3v) is 7.17. The fraction of sp³-hybridized carbons (Fsp3) is 0.500. The maximum atomic E-state index is 14.0. The zero-order chi connectivity index (χ0) is 24.9. The summed E-state index contributed by atoms with van der Waals surface area (Å²) in [6.07, 6.45) is 6.22. The van der Waals surface area contributed by atoms with Gasteiger partial charge in [-0.1, -0.05) is 44.4 Å². The standard InChI is InChI=1S/C28H36N2O5/c1-5-15-30-25(18-16-22(33-2)26(35-4)23(17-18)34-3)24(20-13-9-10-14-21(20)28(30)32)27(31)29-19-11-7-6-8-12-19/h9-10,13-14,16-17,19,24-25H,5-8,11-12,15H2,1-4H3,(H,29,31). The van der Waals surface area contributed by atoms with Gasteiger partial charge in [-0.2, -0.15) is 0 Å². The van der Waals surface area contributed by atoms with Crippen LogP contribution < -0.4 is 19.5 Å². The van der Waals surface area contributed by atoms with Crippen LogP contribution in [0, 0.1) is 0 Å². The largest absolute Gasteiger partial charge is 0.493 e. The Morgan fingerprint density at radius 1 is 1.00 bits per heavy atom. The minimum atomic E-state index is -0.555. The number of hydrogen-bond donors (Lipinski definition) is 1. The Hall–Kier alpha value is -3.22. The van der Waals surface area contributed by atoms with E-state index in [4.69, 9.17) is 14.2 Å². The number of hydrogen-bond acceptors (Lipinski definition) is 5. The van der Waals surface area contributed by atoms with Gasteiger partial charge in [0.25, 0.3) is 5.91 Å². The van der Waals surface area contributed by atoms with Crippen LogP contribution >= 0.6 is 0 Å². The third kappa shape index (κ3) is 4.81. The van der Waals surface area contributed by atoms with Crippen molar-refractivity contribution in [1.82, 2.24) is 10.2 Å². The predicted molar refractivity (Wildman–Crippen MR) is 134 cm³/mol. The second kappa shape index (κ2) is 11.0. The number of methoxy groups -OCH3 is 3. The van der Waals surface area contributed by atoms with Gasteiger partial charge in [0.15, 0.2) is 11.5 Å². The molecular weight excluding hydrogens is 444 g/mol. The molecular formula is C28H36N2O5. The summed E-state index contributed by atoms with van der Waals surface area (Å²) in [5.41, 5.74) is 2.13. The van der Waals surface area contributed by atoms with E-state index in [0.717, 1.165) is 43.2 Å². The number of benzene rings is 2. The van der Waals surface area contributed by atoms with E-state index in [-0.39, 0.29) is 17.9 Å². The van der Waals surface area contributed by atoms with E-state index < -0.39 is 12.0 Å². The summed E-state index contributed by atoms with van der Waals surface area (Å²) >= 11 is 0. The fourth-order valence-electron chi connectivity index (χ4n) is 5.54. The summed E-state index contributed by atoms with van der Waals surface area (Å²) < 4.78 is 16.7. The summed E-state index contributed by atoms with van der Waals surface area (Å²) in [6.45, 7) is 2.57. The number of nitrogens with zero attached hydrogens (tertiary/aromatic N) is 1. The SMILES string of the molecule is CCCN1C(=O)c2ccccc2C(C(=O)NC2CCCCC2)C1c1cc(OC)c(OC)c(OC)c1. The second-order valence-electron chi connectivity index (χ2n) is 9.31. The molecule has 1 aliphatic heterocycles. The van der Waals surface area contributed by atoms with E-state index in [1.165, 1.54) is 6.42 Å². The molecule has 1 fully saturated rings. The normalized spacial score (nSPS) is 20.2. The maximum Gasteiger partial charge on any atom is 0.254 e. The molecule has 0 saturated heterocycles. The van der Waals surface area contributed by atoms with Crippen molar-refractivity contribution in [1.29, 1.82) is 0 Å². The number of rotatable bonds is 8. The first-order valence-corrected chi connectivity index (χ1v) is 12.5. The molecule has 35 heavy (non-hydrogen) atoms. The average molecular weight is 481 g/mol. The minimum absolute atomic E-state index is 0.0447. The molecule has 1 N–H and O–H groups in total. The topological polar surface area (TPSA) is 77.1 Å². The van der Waals surface area contributed by atoms with Gasteiger partial charge >= 0.3 is 0 Å². The molecule has 2 unspecified atom stereocenters. The number of ether oxygens (including phenoxy) is 3. The number of amides is 2. The van der Waals surface area contributed by atoms with E-state index in [0.29, 0.717) is 29.4 Å². The van der Waals surface area contributed by atoms with Gasteiger partial charge in [-0.25, -0.2) is 0 Å². The van der Waals surface area contributed by atoms with Crippen LogP contribution in [0.3, 0.4) is 0 Å². The van der Waals surface area contributed by atoms with E-state index in [1.54, 1.807) is 21.3 Å². The van der Waals surface area contributed by atoms with Gasteiger partial charge in [-0.3, -0.25) is 9.59 Å². The van der Waals surface area contributed by atoms with Crippen molar-refractivity contribution >= 4 is 11.8 Å². The molecule has 0 spiro atoms. The van der Waals surface area contributed by atoms with Crippen molar-refractivity contribution in [3.8, 4) is 17.2 Å². The van der Waals surface area contributed by atoms with Crippen LogP contribution in [0.25, 0.3) is 0 Å². The van der Waals surface area contributed by atoms with Crippen LogP contribution in [0.4, 0.5) is 0 Å². The molecule has 7 heteroatoms. The Morgan fingerprint density at radius 3 is 2.26 bits per heavy atom. The van der Waals surface area contributed by atoms with Crippen LogP contribution in [0.2, 0.25) is 0 Å². The van der Waals surface area contributed by atoms with Crippen molar-refractivity contribution < 1.29 is 23.8 Å². The maximum absolute atomic E-state index is 14.0. The highest BCUT2D eigenvalue weighted by atomic mass is 16.5. The lowest BCUT2D eigenvalue weighted by Gasteiger charge is -2.42. The van der Waals surface area contributed by atoms with Crippen LogP contribution in [0.5, 0.6) is 17.2 Å². The fourth-order valence-corrected chi connectivity index (χ4v) is 5.54. The van der Waals surface area contributed by atoms with Crippen LogP contribution in [-0.4, -0.2) is 50.6 Å². The van der Waals surface area contributed by atoms with Crippen LogP contribution in [-0.2, 0) is 4.79 Å². The van der Waals surface area contributed by atoms with Gasteiger partial charge in [0, 0.05) is 18.2 Å². The van der Waals surface area contributed by atoms with Gasteiger partial charge in [-0.15, -0.1) is 0 Å². The summed E-state index contributed by atoms with van der Waals surface area (Å²) in [7, 11) is 4.70. The highest BCUT2D eigenvalue weighted by Gasteiger charge is 2.44. The summed E-state index contributed by atoms with van der Waals surface area (Å²) in [5, 5.41) is 3.32. The van der Waals surface area contributed by atoms with Gasteiger partial charge in [-0.05, 0) is 48.6 Å². The molecule has 0 radical (unpaired) electrons. The Balaban J connectivity index is 1.86. The van der Waals surface area contributed by atoms with Crippen molar-refractivity contribution in [2.45, 2.75) is 63.5 Å². The lowest BCUT2D eigenvalue weighted by molar-refractivity contribution is -0.125. The highest BCUT2D eigenvalue weighted by Crippen LogP contribution is 2.47. The molecule has 2 atom stereocenters. The quantitative estimate of drug-likeness (QED) is 0.584. The zero-order valence-electron chi connectivity index (χ0n) is 21.1. The first-order chi connectivity index (χ1) is 17.0. The number of carbonyl (C=O) groups excluding carboxylic acids is 2. The van der Waals surface area contributed by atoms with E-state index >= 15 is 0 Å². The minimum Gasteiger partial charge on any atom is -0.493 e. The van der Waals surface area contributed by atoms with E-state index in [1.807, 2.05) is 48.2 Å². The molecule has 4 rings (SSSR count). The molecule has 188 valence electrons. The average Bonchev–Trinajstić information content (AvgIpc) is 2.89. The first-order valence-electron chi connectivity index (χ1n) is 12.5. The monoisotopic (exact) mass is 480 g/mol. The molecule has 2 aromatic rings. The highest BCUT2D eigenvalue weighted by molar-refractivity contribution is 6.01. The lowest BCUT2D eigenvalue weighted by Crippen LogP contribution is -2.49. The van der Waals surface area contributed by atoms with Crippen molar-refractivity contribution in [3.05, 3.63) is 53.1 Å². The van der Waals surface area contributed by atoms with Gasteiger partial charge in [0.05, 0.1) is 33.3 Å². The second-order valence-corrected chi connectivity index (χ2v) is 9.31. The molecule has 2 aliphatic rings. The van der Waals surface area contributed by atoms with Gasteiger partial charge in [0.1, 0.15) is 0 Å². The molecule has 0 bridgehead atoms. The molecule has 1 aliphatic carbocycles. The van der Waals surface area contributed by atoms with Crippen molar-refractivity contribution in [3.63, 3.8) is 0 Å². The molecule has 0 aromatic heterocycles. The summed E-state index contributed by atoms with van der Waals surface area (Å²) in [4.78, 5) is 29.5. The molecule has 2 amide bonds. The molecule has 1 saturated carbocycles. The van der Waals surface area contributed by atoms with Crippen LogP contribution in [0.15, 0.2) is 36.4 Å². The lowest BCUT2D eigenvalue weighted by atomic mass is 9.78. The number of nitrogens with one attached hydrogen (secondary N) is 1. The van der Waals surface area contributed by atoms with Crippen molar-refractivity contribution in [2.24, 2.45) is 0 Å². The predicted octanol–water partition coefficient (Wildman–Crippen LogP) is 4.85. The molecule has 1 heterocycles. The van der Waals surface area contributed by atoms with Crippen molar-refractivity contribution in [2.75, 3.05) is 27.9 Å². The van der Waals surface area contributed by atoms with E-state index in [2.05, 4.69) is 5.32 Å². The smallest absolute Gasteiger partial charge is 0.254 e. The summed E-state index contributed by atoms with van der Waals surface area (Å²) in [5.74, 6) is 0.804. The number of carbonyl (C=O) groups is 2. The van der Waals surface area contributed by atoms with Crippen LogP contribution in [0.1, 0.15) is 78.9 Å². The Bertz CT molecular complexity index is 1040. The Kier molecular flexibility index (Phi) is 7.83. The summed E-state index contributed by atoms with van der Waals surface area (Å²) in [6, 6.07) is 10.9. The third-order valence-electron chi connectivity index (χ3n) is 7.17. The Labute approximate surface area is 207 Å². The molecule has 7 nitrogen and oxygen atoms in total. The van der Waals surface area contributed by atoms with Gasteiger partial charge in [0.2, 0.25) is 11.7 Å². The molecule has 2 aromatic carbocycles.